The molecule has 1 atom stereocenters. The van der Waals surface area contributed by atoms with E-state index in [-0.39, 0.29) is 17.2 Å². The van der Waals surface area contributed by atoms with Gasteiger partial charge in [-0.3, -0.25) is 14.9 Å². The van der Waals surface area contributed by atoms with Gasteiger partial charge in [0.2, 0.25) is 21.8 Å². The van der Waals surface area contributed by atoms with Gasteiger partial charge in [0.15, 0.2) is 0 Å². The summed E-state index contributed by atoms with van der Waals surface area (Å²) >= 11 is 0. The average Bonchev–Trinajstić information content (AvgIpc) is 2.42. The van der Waals surface area contributed by atoms with Crippen LogP contribution < -0.4 is 15.4 Å². The minimum absolute atomic E-state index is 0.0622. The SMILES string of the molecule is CNS(=O)(=O)c1ccccc1NC1CCC(=O)NC1=O. The van der Waals surface area contributed by atoms with Gasteiger partial charge in [-0.25, -0.2) is 13.1 Å². The Morgan fingerprint density at radius 3 is 2.60 bits per heavy atom. The van der Waals surface area contributed by atoms with E-state index in [9.17, 15) is 18.0 Å². The molecule has 1 aromatic carbocycles. The molecule has 1 aliphatic heterocycles. The van der Waals surface area contributed by atoms with E-state index in [4.69, 9.17) is 0 Å². The summed E-state index contributed by atoms with van der Waals surface area (Å²) in [6, 6.07) is 5.66. The number of amides is 2. The van der Waals surface area contributed by atoms with Crippen molar-refractivity contribution < 1.29 is 18.0 Å². The number of hydrogen-bond acceptors (Lipinski definition) is 5. The van der Waals surface area contributed by atoms with E-state index in [0.29, 0.717) is 12.1 Å². The molecule has 0 aromatic heterocycles. The number of rotatable bonds is 4. The predicted molar refractivity (Wildman–Crippen MR) is 72.5 cm³/mol. The van der Waals surface area contributed by atoms with E-state index in [1.807, 2.05) is 0 Å². The van der Waals surface area contributed by atoms with Crippen LogP contribution in [0.2, 0.25) is 0 Å². The fourth-order valence-electron chi connectivity index (χ4n) is 1.95. The number of hydrogen-bond donors (Lipinski definition) is 3. The van der Waals surface area contributed by atoms with Crippen LogP contribution in [0.3, 0.4) is 0 Å². The highest BCUT2D eigenvalue weighted by molar-refractivity contribution is 7.89. The van der Waals surface area contributed by atoms with Crippen LogP contribution in [0.25, 0.3) is 0 Å². The van der Waals surface area contributed by atoms with Gasteiger partial charge < -0.3 is 5.32 Å². The van der Waals surface area contributed by atoms with Gasteiger partial charge in [-0.2, -0.15) is 0 Å². The Labute approximate surface area is 116 Å². The Hall–Kier alpha value is -1.93. The smallest absolute Gasteiger partial charge is 0.249 e. The monoisotopic (exact) mass is 297 g/mol. The van der Waals surface area contributed by atoms with Crippen molar-refractivity contribution in [2.45, 2.75) is 23.8 Å². The minimum Gasteiger partial charge on any atom is -0.373 e. The normalized spacial score (nSPS) is 19.6. The maximum absolute atomic E-state index is 11.9. The van der Waals surface area contributed by atoms with Crippen molar-refractivity contribution in [1.29, 1.82) is 0 Å². The van der Waals surface area contributed by atoms with Gasteiger partial charge in [-0.05, 0) is 25.6 Å². The third-order valence-electron chi connectivity index (χ3n) is 3.01. The molecular formula is C12H15N3O4S. The van der Waals surface area contributed by atoms with Crippen molar-refractivity contribution in [2.24, 2.45) is 0 Å². The van der Waals surface area contributed by atoms with Crippen LogP contribution in [0.4, 0.5) is 5.69 Å². The van der Waals surface area contributed by atoms with Gasteiger partial charge >= 0.3 is 0 Å². The van der Waals surface area contributed by atoms with Gasteiger partial charge in [0.1, 0.15) is 10.9 Å². The van der Waals surface area contributed by atoms with Gasteiger partial charge in [0.05, 0.1) is 5.69 Å². The maximum atomic E-state index is 11.9. The molecule has 0 radical (unpaired) electrons. The number of para-hydroxylation sites is 1. The summed E-state index contributed by atoms with van der Waals surface area (Å²) in [7, 11) is -2.30. The quantitative estimate of drug-likeness (QED) is 0.668. The summed E-state index contributed by atoms with van der Waals surface area (Å²) in [5, 5.41) is 5.09. The fraction of sp³-hybridized carbons (Fsp3) is 0.333. The summed E-state index contributed by atoms with van der Waals surface area (Å²) in [4.78, 5) is 22.8. The summed E-state index contributed by atoms with van der Waals surface area (Å²) in [5.74, 6) is -0.762. The van der Waals surface area contributed by atoms with Crippen LogP contribution in [0.5, 0.6) is 0 Å². The molecule has 1 heterocycles. The molecule has 3 N–H and O–H groups in total. The molecule has 1 unspecified atom stereocenters. The van der Waals surface area contributed by atoms with Crippen LogP contribution in [-0.4, -0.2) is 33.3 Å². The molecule has 108 valence electrons. The van der Waals surface area contributed by atoms with E-state index in [1.165, 1.54) is 13.1 Å². The molecule has 1 saturated heterocycles. The molecule has 20 heavy (non-hydrogen) atoms. The molecule has 8 heteroatoms. The van der Waals surface area contributed by atoms with E-state index in [2.05, 4.69) is 15.4 Å². The Morgan fingerprint density at radius 1 is 1.25 bits per heavy atom. The molecule has 7 nitrogen and oxygen atoms in total. The number of sulfonamides is 1. The van der Waals surface area contributed by atoms with Gasteiger partial charge in [-0.1, -0.05) is 12.1 Å². The summed E-state index contributed by atoms with van der Waals surface area (Å²) in [6.07, 6.45) is 0.558. The second-order valence-electron chi connectivity index (χ2n) is 4.35. The Bertz CT molecular complexity index is 642. The van der Waals surface area contributed by atoms with E-state index in [0.717, 1.165) is 0 Å². The van der Waals surface area contributed by atoms with Crippen LogP contribution in [0, 0.1) is 0 Å². The lowest BCUT2D eigenvalue weighted by atomic mass is 10.1. The first-order valence-electron chi connectivity index (χ1n) is 6.07. The zero-order valence-corrected chi connectivity index (χ0v) is 11.7. The van der Waals surface area contributed by atoms with E-state index < -0.39 is 22.0 Å². The van der Waals surface area contributed by atoms with Crippen molar-refractivity contribution in [2.75, 3.05) is 12.4 Å². The maximum Gasteiger partial charge on any atom is 0.249 e. The third-order valence-corrected chi connectivity index (χ3v) is 4.49. The number of nitrogens with one attached hydrogen (secondary N) is 3. The third kappa shape index (κ3) is 2.97. The number of piperidine rings is 1. The molecule has 2 amide bonds. The second kappa shape index (κ2) is 5.59. The first-order chi connectivity index (χ1) is 9.44. The zero-order chi connectivity index (χ0) is 14.8. The standard InChI is InChI=1S/C12H15N3O4S/c1-13-20(18,19)10-5-3-2-4-8(10)14-9-6-7-11(16)15-12(9)17/h2-5,9,13-14H,6-7H2,1H3,(H,15,16,17). The molecule has 1 aliphatic rings. The number of carbonyl (C=O) groups excluding carboxylic acids is 2. The van der Waals surface area contributed by atoms with Crippen LogP contribution >= 0.6 is 0 Å². The van der Waals surface area contributed by atoms with E-state index >= 15 is 0 Å². The molecule has 1 fully saturated rings. The van der Waals surface area contributed by atoms with Gasteiger partial charge in [0, 0.05) is 6.42 Å². The molecule has 1 aromatic rings. The highest BCUT2D eigenvalue weighted by Crippen LogP contribution is 2.22. The Morgan fingerprint density at radius 2 is 1.95 bits per heavy atom. The van der Waals surface area contributed by atoms with Crippen molar-refractivity contribution in [3.05, 3.63) is 24.3 Å². The lowest BCUT2D eigenvalue weighted by Crippen LogP contribution is -2.47. The highest BCUT2D eigenvalue weighted by atomic mass is 32.2. The number of benzene rings is 1. The minimum atomic E-state index is -3.62. The van der Waals surface area contributed by atoms with Crippen molar-refractivity contribution in [1.82, 2.24) is 10.0 Å². The van der Waals surface area contributed by atoms with Gasteiger partial charge in [0.25, 0.3) is 0 Å². The molecule has 0 bridgehead atoms. The molecule has 0 aliphatic carbocycles. The molecule has 0 saturated carbocycles. The van der Waals surface area contributed by atoms with Crippen molar-refractivity contribution >= 4 is 27.5 Å². The van der Waals surface area contributed by atoms with Crippen molar-refractivity contribution in [3.8, 4) is 0 Å². The first kappa shape index (κ1) is 14.5. The lowest BCUT2D eigenvalue weighted by Gasteiger charge is -2.23. The lowest BCUT2D eigenvalue weighted by molar-refractivity contribution is -0.133. The predicted octanol–water partition coefficient (Wildman–Crippen LogP) is -0.188. The van der Waals surface area contributed by atoms with Gasteiger partial charge in [-0.15, -0.1) is 0 Å². The Kier molecular flexibility index (Phi) is 4.05. The topological polar surface area (TPSA) is 104 Å². The van der Waals surface area contributed by atoms with Crippen LogP contribution in [0.15, 0.2) is 29.2 Å². The van der Waals surface area contributed by atoms with E-state index in [1.54, 1.807) is 18.2 Å². The number of carbonyl (C=O) groups is 2. The number of imide groups is 1. The second-order valence-corrected chi connectivity index (χ2v) is 6.21. The fourth-order valence-corrected chi connectivity index (χ4v) is 2.84. The molecular weight excluding hydrogens is 282 g/mol. The van der Waals surface area contributed by atoms with Crippen LogP contribution in [-0.2, 0) is 19.6 Å². The molecule has 0 spiro atoms. The summed E-state index contributed by atoms with van der Waals surface area (Å²) < 4.78 is 26.0. The average molecular weight is 297 g/mol. The number of anilines is 1. The molecule has 2 rings (SSSR count). The summed E-state index contributed by atoms with van der Waals surface area (Å²) in [6.45, 7) is 0. The first-order valence-corrected chi connectivity index (χ1v) is 7.55. The summed E-state index contributed by atoms with van der Waals surface area (Å²) in [5.41, 5.74) is 0.330. The largest absolute Gasteiger partial charge is 0.373 e. The zero-order valence-electron chi connectivity index (χ0n) is 10.8. The highest BCUT2D eigenvalue weighted by Gasteiger charge is 2.28. The Balaban J connectivity index is 2.26. The van der Waals surface area contributed by atoms with Crippen LogP contribution in [0.1, 0.15) is 12.8 Å². The van der Waals surface area contributed by atoms with Crippen molar-refractivity contribution in [3.63, 3.8) is 0 Å².